The first-order chi connectivity index (χ1) is 10.1. The zero-order valence-electron chi connectivity index (χ0n) is 13.3. The summed E-state index contributed by atoms with van der Waals surface area (Å²) in [7, 11) is 0. The van der Waals surface area contributed by atoms with Crippen LogP contribution in [0.1, 0.15) is 51.6 Å². The molecule has 1 N–H and O–H groups in total. The van der Waals surface area contributed by atoms with Gasteiger partial charge < -0.3 is 10.1 Å². The smallest absolute Gasteiger partial charge is 0.143 e. The summed E-state index contributed by atoms with van der Waals surface area (Å²) in [5.74, 6) is 2.50. The Labute approximate surface area is 141 Å². The van der Waals surface area contributed by atoms with Crippen LogP contribution < -0.4 is 5.32 Å². The van der Waals surface area contributed by atoms with Crippen LogP contribution in [0.25, 0.3) is 0 Å². The molecule has 1 aliphatic heterocycles. The van der Waals surface area contributed by atoms with Crippen molar-refractivity contribution in [3.8, 4) is 0 Å². The van der Waals surface area contributed by atoms with Crippen LogP contribution in [0.2, 0.25) is 0 Å². The van der Waals surface area contributed by atoms with E-state index in [2.05, 4.69) is 48.7 Å². The summed E-state index contributed by atoms with van der Waals surface area (Å²) in [5.41, 5.74) is 1.17. The molecule has 0 spiro atoms. The molecule has 1 saturated heterocycles. The molecule has 0 aliphatic carbocycles. The van der Waals surface area contributed by atoms with Crippen molar-refractivity contribution in [3.05, 3.63) is 15.1 Å². The Morgan fingerprint density at radius 1 is 1.33 bits per heavy atom. The lowest BCUT2D eigenvalue weighted by atomic mass is 10.1. The van der Waals surface area contributed by atoms with Gasteiger partial charge in [0.25, 0.3) is 0 Å². The zero-order chi connectivity index (χ0) is 15.2. The minimum Gasteiger partial charge on any atom is -0.378 e. The summed E-state index contributed by atoms with van der Waals surface area (Å²) in [6.07, 6.45) is 5.70. The van der Waals surface area contributed by atoms with Gasteiger partial charge in [-0.25, -0.2) is 9.97 Å². The number of hydrogen-bond acceptors (Lipinski definition) is 4. The van der Waals surface area contributed by atoms with Gasteiger partial charge in [-0.1, -0.05) is 13.8 Å². The van der Waals surface area contributed by atoms with E-state index in [4.69, 9.17) is 14.7 Å². The molecule has 1 aliphatic rings. The largest absolute Gasteiger partial charge is 0.378 e. The van der Waals surface area contributed by atoms with Crippen molar-refractivity contribution in [2.24, 2.45) is 5.92 Å². The fraction of sp³-hybridized carbons (Fsp3) is 0.750. The van der Waals surface area contributed by atoms with Crippen LogP contribution in [0.5, 0.6) is 0 Å². The maximum Gasteiger partial charge on any atom is 0.143 e. The third-order valence-corrected chi connectivity index (χ3v) is 4.73. The Morgan fingerprint density at radius 2 is 2.14 bits per heavy atom. The zero-order valence-corrected chi connectivity index (χ0v) is 15.4. The highest BCUT2D eigenvalue weighted by molar-refractivity contribution is 14.1. The van der Waals surface area contributed by atoms with Crippen LogP contribution in [0.3, 0.4) is 0 Å². The molecule has 0 aromatic carbocycles. The van der Waals surface area contributed by atoms with E-state index in [-0.39, 0.29) is 0 Å². The van der Waals surface area contributed by atoms with Crippen LogP contribution in [-0.2, 0) is 17.6 Å². The molecule has 1 fully saturated rings. The Kier molecular flexibility index (Phi) is 6.67. The van der Waals surface area contributed by atoms with Gasteiger partial charge in [-0.3, -0.25) is 0 Å². The number of rotatable bonds is 6. The minimum atomic E-state index is 0.292. The van der Waals surface area contributed by atoms with Gasteiger partial charge in [0.05, 0.1) is 15.4 Å². The van der Waals surface area contributed by atoms with Crippen molar-refractivity contribution in [1.82, 2.24) is 9.97 Å². The van der Waals surface area contributed by atoms with Crippen LogP contribution in [-0.4, -0.2) is 29.2 Å². The molecule has 1 aromatic rings. The molecule has 0 amide bonds. The number of nitrogens with one attached hydrogen (secondary N) is 1. The molecular weight excluding hydrogens is 377 g/mol. The fourth-order valence-electron chi connectivity index (χ4n) is 2.61. The van der Waals surface area contributed by atoms with E-state index in [1.54, 1.807) is 0 Å². The van der Waals surface area contributed by atoms with Crippen molar-refractivity contribution in [3.63, 3.8) is 0 Å². The number of anilines is 1. The molecular formula is C16H26IN3O. The molecule has 0 bridgehead atoms. The summed E-state index contributed by atoms with van der Waals surface area (Å²) in [5, 5.41) is 3.37. The second kappa shape index (κ2) is 8.27. The van der Waals surface area contributed by atoms with Gasteiger partial charge in [-0.2, -0.15) is 0 Å². The van der Waals surface area contributed by atoms with Crippen molar-refractivity contribution in [2.45, 2.75) is 59.0 Å². The van der Waals surface area contributed by atoms with Crippen molar-refractivity contribution < 1.29 is 4.74 Å². The van der Waals surface area contributed by atoms with Crippen molar-refractivity contribution in [1.29, 1.82) is 0 Å². The van der Waals surface area contributed by atoms with Gasteiger partial charge in [-0.15, -0.1) is 0 Å². The van der Waals surface area contributed by atoms with Gasteiger partial charge in [0.1, 0.15) is 11.6 Å². The fourth-order valence-corrected chi connectivity index (χ4v) is 3.27. The Morgan fingerprint density at radius 3 is 2.76 bits per heavy atom. The van der Waals surface area contributed by atoms with E-state index >= 15 is 0 Å². The third-order valence-electron chi connectivity index (χ3n) is 3.60. The van der Waals surface area contributed by atoms with Gasteiger partial charge in [0.15, 0.2) is 0 Å². The number of ether oxygens (including phenoxy) is 1. The van der Waals surface area contributed by atoms with E-state index in [1.165, 1.54) is 18.5 Å². The average molecular weight is 403 g/mol. The number of halogens is 1. The number of hydrogen-bond donors (Lipinski definition) is 1. The Hall–Kier alpha value is -0.430. The summed E-state index contributed by atoms with van der Waals surface area (Å²) in [4.78, 5) is 9.53. The van der Waals surface area contributed by atoms with Gasteiger partial charge in [-0.05, 0) is 61.1 Å². The molecule has 0 radical (unpaired) electrons. The molecule has 0 saturated carbocycles. The molecule has 2 heterocycles. The molecule has 1 atom stereocenters. The summed E-state index contributed by atoms with van der Waals surface area (Å²) in [6.45, 7) is 8.33. The van der Waals surface area contributed by atoms with Crippen LogP contribution in [0, 0.1) is 9.49 Å². The lowest BCUT2D eigenvalue weighted by Gasteiger charge is -2.22. The van der Waals surface area contributed by atoms with Crippen molar-refractivity contribution >= 4 is 28.4 Å². The lowest BCUT2D eigenvalue weighted by Crippen LogP contribution is -2.23. The molecule has 4 nitrogen and oxygen atoms in total. The average Bonchev–Trinajstić information content (AvgIpc) is 2.44. The predicted molar refractivity (Wildman–Crippen MR) is 94.7 cm³/mol. The molecule has 21 heavy (non-hydrogen) atoms. The van der Waals surface area contributed by atoms with Gasteiger partial charge in [0.2, 0.25) is 0 Å². The SMILES string of the molecule is CCNc1nc(CC2CCCCO2)nc(CC(C)C)c1I. The minimum absolute atomic E-state index is 0.292. The van der Waals surface area contributed by atoms with Gasteiger partial charge >= 0.3 is 0 Å². The Balaban J connectivity index is 2.20. The molecule has 1 aromatic heterocycles. The maximum absolute atomic E-state index is 5.83. The topological polar surface area (TPSA) is 47.0 Å². The number of nitrogens with zero attached hydrogens (tertiary/aromatic N) is 2. The maximum atomic E-state index is 5.83. The first-order valence-electron chi connectivity index (χ1n) is 8.00. The monoisotopic (exact) mass is 403 g/mol. The predicted octanol–water partition coefficient (Wildman–Crippen LogP) is 3.82. The summed E-state index contributed by atoms with van der Waals surface area (Å²) >= 11 is 2.37. The van der Waals surface area contributed by atoms with E-state index in [0.29, 0.717) is 12.0 Å². The molecule has 1 unspecified atom stereocenters. The van der Waals surface area contributed by atoms with E-state index in [0.717, 1.165) is 47.6 Å². The van der Waals surface area contributed by atoms with E-state index in [1.807, 2.05) is 0 Å². The van der Waals surface area contributed by atoms with Crippen LogP contribution in [0.4, 0.5) is 5.82 Å². The quantitative estimate of drug-likeness (QED) is 0.734. The highest BCUT2D eigenvalue weighted by atomic mass is 127. The third kappa shape index (κ3) is 5.06. The lowest BCUT2D eigenvalue weighted by molar-refractivity contribution is 0.0156. The summed E-state index contributed by atoms with van der Waals surface area (Å²) < 4.78 is 6.99. The normalized spacial score (nSPS) is 19.0. The van der Waals surface area contributed by atoms with E-state index < -0.39 is 0 Å². The Bertz CT molecular complexity index is 459. The standard InChI is InChI=1S/C16H26IN3O/c1-4-18-16-15(17)13(9-11(2)3)19-14(20-16)10-12-7-5-6-8-21-12/h11-12H,4-10H2,1-3H3,(H,18,19,20). The summed E-state index contributed by atoms with van der Waals surface area (Å²) in [6, 6.07) is 0. The first kappa shape index (κ1) is 16.9. The highest BCUT2D eigenvalue weighted by Crippen LogP contribution is 2.23. The second-order valence-corrected chi connectivity index (χ2v) is 7.15. The molecule has 118 valence electrons. The van der Waals surface area contributed by atoms with Gasteiger partial charge in [0, 0.05) is 19.6 Å². The highest BCUT2D eigenvalue weighted by Gasteiger charge is 2.19. The van der Waals surface area contributed by atoms with Crippen LogP contribution >= 0.6 is 22.6 Å². The van der Waals surface area contributed by atoms with Crippen molar-refractivity contribution in [2.75, 3.05) is 18.5 Å². The molecule has 5 heteroatoms. The second-order valence-electron chi connectivity index (χ2n) is 6.07. The number of aromatic nitrogens is 2. The first-order valence-corrected chi connectivity index (χ1v) is 9.08. The van der Waals surface area contributed by atoms with Crippen LogP contribution in [0.15, 0.2) is 0 Å². The van der Waals surface area contributed by atoms with E-state index in [9.17, 15) is 0 Å². The molecule has 2 rings (SSSR count).